The van der Waals surface area contributed by atoms with Crippen LogP contribution in [0.2, 0.25) is 0 Å². The van der Waals surface area contributed by atoms with Crippen LogP contribution in [-0.4, -0.2) is 51.9 Å². The molecule has 1 N–H and O–H groups in total. The number of rotatable bonds is 3. The van der Waals surface area contributed by atoms with Crippen LogP contribution in [0.3, 0.4) is 0 Å². The minimum Gasteiger partial charge on any atom is -0.430 e. The number of aromatic nitrogens is 2. The third-order valence-electron chi connectivity index (χ3n) is 4.80. The minimum atomic E-state index is -0.609. The highest BCUT2D eigenvalue weighted by Crippen LogP contribution is 2.32. The highest BCUT2D eigenvalue weighted by molar-refractivity contribution is 5.75. The third-order valence-corrected chi connectivity index (χ3v) is 4.80. The predicted molar refractivity (Wildman–Crippen MR) is 85.3 cm³/mol. The van der Waals surface area contributed by atoms with Crippen molar-refractivity contribution >= 4 is 12.2 Å². The molecule has 0 bridgehead atoms. The predicted octanol–water partition coefficient (Wildman–Crippen LogP) is 1.83. The van der Waals surface area contributed by atoms with Crippen LogP contribution in [0.5, 0.6) is 0 Å². The summed E-state index contributed by atoms with van der Waals surface area (Å²) in [4.78, 5) is 29.9. The van der Waals surface area contributed by atoms with E-state index in [0.29, 0.717) is 25.9 Å². The van der Waals surface area contributed by atoms with Gasteiger partial charge in [-0.3, -0.25) is 0 Å². The van der Waals surface area contributed by atoms with Crippen LogP contribution in [0.15, 0.2) is 12.4 Å². The number of carbonyl (C=O) groups is 2. The molecular formula is C16H24N4O4. The van der Waals surface area contributed by atoms with Crippen molar-refractivity contribution < 1.29 is 19.1 Å². The smallest absolute Gasteiger partial charge is 0.430 e. The number of hydrogen-bond donors (Lipinski definition) is 1. The molecule has 0 aromatic carbocycles. The molecule has 0 saturated carbocycles. The van der Waals surface area contributed by atoms with Gasteiger partial charge in [0.05, 0.1) is 6.04 Å². The monoisotopic (exact) mass is 336 g/mol. The molecule has 2 amide bonds. The highest BCUT2D eigenvalue weighted by Gasteiger charge is 2.45. The van der Waals surface area contributed by atoms with Crippen molar-refractivity contribution in [2.75, 3.05) is 19.7 Å². The molecule has 8 nitrogen and oxygen atoms in total. The second-order valence-corrected chi connectivity index (χ2v) is 6.88. The van der Waals surface area contributed by atoms with E-state index in [-0.39, 0.29) is 24.6 Å². The number of nitrogens with one attached hydrogen (secondary N) is 1. The molecule has 1 aromatic rings. The van der Waals surface area contributed by atoms with Crippen molar-refractivity contribution in [2.45, 2.75) is 38.3 Å². The molecule has 0 aliphatic carbocycles. The van der Waals surface area contributed by atoms with Crippen molar-refractivity contribution in [3.8, 4) is 0 Å². The molecule has 2 fully saturated rings. The third kappa shape index (κ3) is 3.18. The fourth-order valence-electron chi connectivity index (χ4n) is 3.22. The molecule has 2 aliphatic heterocycles. The van der Waals surface area contributed by atoms with Gasteiger partial charge < -0.3 is 24.3 Å². The molecule has 1 spiro atoms. The van der Waals surface area contributed by atoms with E-state index in [9.17, 15) is 9.59 Å². The lowest BCUT2D eigenvalue weighted by Crippen LogP contribution is -2.51. The largest absolute Gasteiger partial charge is 0.509 e. The molecule has 2 saturated heterocycles. The van der Waals surface area contributed by atoms with Gasteiger partial charge in [0.25, 0.3) is 0 Å². The number of urea groups is 1. The second-order valence-electron chi connectivity index (χ2n) is 6.88. The van der Waals surface area contributed by atoms with Gasteiger partial charge >= 0.3 is 12.2 Å². The van der Waals surface area contributed by atoms with Gasteiger partial charge in [-0.1, -0.05) is 13.8 Å². The first-order valence-electron chi connectivity index (χ1n) is 8.29. The molecule has 1 aromatic heterocycles. The summed E-state index contributed by atoms with van der Waals surface area (Å²) in [6.45, 7) is 5.46. The summed E-state index contributed by atoms with van der Waals surface area (Å²) in [5.74, 6) is 1.06. The van der Waals surface area contributed by atoms with Crippen LogP contribution in [0, 0.1) is 5.92 Å². The number of nitrogens with zero attached hydrogens (tertiary/aromatic N) is 3. The Morgan fingerprint density at radius 1 is 1.38 bits per heavy atom. The van der Waals surface area contributed by atoms with Gasteiger partial charge in [0, 0.05) is 45.4 Å². The van der Waals surface area contributed by atoms with Gasteiger partial charge in [-0.05, 0) is 5.92 Å². The summed E-state index contributed by atoms with van der Waals surface area (Å²) in [5, 5.41) is 3.08. The Bertz CT molecular complexity index is 619. The Balaban J connectivity index is 1.61. The van der Waals surface area contributed by atoms with E-state index in [0.717, 1.165) is 5.82 Å². The highest BCUT2D eigenvalue weighted by atomic mass is 16.8. The van der Waals surface area contributed by atoms with E-state index in [1.165, 1.54) is 0 Å². The average Bonchev–Trinajstić information content (AvgIpc) is 3.11. The Labute approximate surface area is 141 Å². The summed E-state index contributed by atoms with van der Waals surface area (Å²) < 4.78 is 12.1. The number of likely N-dealkylation sites (tertiary alicyclic amines) is 1. The topological polar surface area (TPSA) is 85.7 Å². The van der Waals surface area contributed by atoms with Crippen molar-refractivity contribution in [2.24, 2.45) is 13.0 Å². The van der Waals surface area contributed by atoms with Gasteiger partial charge in [0.1, 0.15) is 12.4 Å². The zero-order valence-corrected chi connectivity index (χ0v) is 14.3. The summed E-state index contributed by atoms with van der Waals surface area (Å²) in [5.41, 5.74) is -0.551. The second kappa shape index (κ2) is 6.33. The first-order valence-corrected chi connectivity index (χ1v) is 8.29. The number of cyclic esters (lactones) is 1. The molecule has 24 heavy (non-hydrogen) atoms. The van der Waals surface area contributed by atoms with Gasteiger partial charge in [0.15, 0.2) is 5.60 Å². The van der Waals surface area contributed by atoms with Crippen LogP contribution in [0.1, 0.15) is 38.6 Å². The van der Waals surface area contributed by atoms with E-state index in [2.05, 4.69) is 24.1 Å². The normalized spacial score (nSPS) is 20.8. The lowest BCUT2D eigenvalue weighted by Gasteiger charge is -2.37. The quantitative estimate of drug-likeness (QED) is 0.851. The van der Waals surface area contributed by atoms with Crippen LogP contribution < -0.4 is 5.32 Å². The number of imidazole rings is 1. The number of carbonyl (C=O) groups excluding carboxylic acids is 2. The van der Waals surface area contributed by atoms with Crippen molar-refractivity contribution in [1.29, 1.82) is 0 Å². The van der Waals surface area contributed by atoms with Crippen LogP contribution in [-0.2, 0) is 16.5 Å². The number of amides is 2. The summed E-state index contributed by atoms with van der Waals surface area (Å²) in [6, 6.07) is -0.266. The van der Waals surface area contributed by atoms with Gasteiger partial charge in [-0.15, -0.1) is 0 Å². The number of ether oxygens (including phenoxy) is 2. The van der Waals surface area contributed by atoms with Gasteiger partial charge in [-0.25, -0.2) is 14.6 Å². The maximum atomic E-state index is 12.6. The maximum absolute atomic E-state index is 12.6. The van der Waals surface area contributed by atoms with E-state index in [1.807, 2.05) is 17.8 Å². The minimum absolute atomic E-state index is 0.114. The van der Waals surface area contributed by atoms with E-state index >= 15 is 0 Å². The standard InChI is InChI=1S/C16H24N4O4/c1-11(2)12(13-17-6-9-19(13)3)18-14(21)20-7-4-16(5-8-20)10-23-15(22)24-16/h6,9,11-12H,4-5,7-8,10H2,1-3H3,(H,18,21)/t12-/m0/s1. The summed E-state index contributed by atoms with van der Waals surface area (Å²) >= 11 is 0. The molecule has 8 heteroatoms. The van der Waals surface area contributed by atoms with Crippen LogP contribution >= 0.6 is 0 Å². The fourth-order valence-corrected chi connectivity index (χ4v) is 3.22. The first kappa shape index (κ1) is 16.6. The molecule has 3 rings (SSSR count). The van der Waals surface area contributed by atoms with Crippen molar-refractivity contribution in [3.05, 3.63) is 18.2 Å². The van der Waals surface area contributed by atoms with Gasteiger partial charge in [0.2, 0.25) is 0 Å². The lowest BCUT2D eigenvalue weighted by atomic mass is 9.92. The molecule has 0 unspecified atom stereocenters. The van der Waals surface area contributed by atoms with Crippen molar-refractivity contribution in [1.82, 2.24) is 19.8 Å². The van der Waals surface area contributed by atoms with E-state index in [1.54, 1.807) is 11.1 Å². The molecule has 2 aliphatic rings. The Hall–Kier alpha value is -2.25. The first-order chi connectivity index (χ1) is 11.4. The Morgan fingerprint density at radius 2 is 2.08 bits per heavy atom. The summed E-state index contributed by atoms with van der Waals surface area (Å²) in [6.07, 6.45) is 4.19. The number of hydrogen-bond acceptors (Lipinski definition) is 5. The molecule has 1 atom stereocenters. The molecular weight excluding hydrogens is 312 g/mol. The van der Waals surface area contributed by atoms with Gasteiger partial charge in [-0.2, -0.15) is 0 Å². The zero-order valence-electron chi connectivity index (χ0n) is 14.3. The fraction of sp³-hybridized carbons (Fsp3) is 0.688. The Kier molecular flexibility index (Phi) is 4.38. The maximum Gasteiger partial charge on any atom is 0.509 e. The molecule has 3 heterocycles. The zero-order chi connectivity index (χ0) is 17.3. The number of piperidine rings is 1. The average molecular weight is 336 g/mol. The number of aryl methyl sites for hydroxylation is 1. The van der Waals surface area contributed by atoms with Crippen LogP contribution in [0.4, 0.5) is 9.59 Å². The van der Waals surface area contributed by atoms with E-state index < -0.39 is 11.8 Å². The lowest BCUT2D eigenvalue weighted by molar-refractivity contribution is 0.00893. The molecule has 132 valence electrons. The van der Waals surface area contributed by atoms with E-state index in [4.69, 9.17) is 9.47 Å². The SMILES string of the molecule is CC(C)[C@H](NC(=O)N1CCC2(CC1)COC(=O)O2)c1nccn1C. The Morgan fingerprint density at radius 3 is 2.58 bits per heavy atom. The van der Waals surface area contributed by atoms with Crippen molar-refractivity contribution in [3.63, 3.8) is 0 Å². The van der Waals surface area contributed by atoms with Crippen LogP contribution in [0.25, 0.3) is 0 Å². The summed E-state index contributed by atoms with van der Waals surface area (Å²) in [7, 11) is 1.92. The molecule has 0 radical (unpaired) electrons.